The molecule has 1 fully saturated rings. The molecule has 2 rings (SSSR count). The van der Waals surface area contributed by atoms with Crippen molar-refractivity contribution in [3.05, 3.63) is 23.3 Å². The molecule has 148 valence electrons. The molecule has 26 heavy (non-hydrogen) atoms. The van der Waals surface area contributed by atoms with Gasteiger partial charge in [0.05, 0.1) is 25.4 Å². The summed E-state index contributed by atoms with van der Waals surface area (Å²) in [6.07, 6.45) is 0.274. The first kappa shape index (κ1) is 21.2. The van der Waals surface area contributed by atoms with E-state index in [1.807, 2.05) is 19.9 Å². The van der Waals surface area contributed by atoms with Gasteiger partial charge >= 0.3 is 0 Å². The highest BCUT2D eigenvalue weighted by Crippen LogP contribution is 2.40. The normalized spacial score (nSPS) is 37.4. The summed E-state index contributed by atoms with van der Waals surface area (Å²) in [5.41, 5.74) is 1.12. The quantitative estimate of drug-likeness (QED) is 0.502. The highest BCUT2D eigenvalue weighted by Gasteiger charge is 2.38. The third-order valence-corrected chi connectivity index (χ3v) is 5.39. The van der Waals surface area contributed by atoms with Gasteiger partial charge in [0.25, 0.3) is 0 Å². The Morgan fingerprint density at radius 3 is 2.73 bits per heavy atom. The summed E-state index contributed by atoms with van der Waals surface area (Å²) in [6.45, 7) is 5.19. The summed E-state index contributed by atoms with van der Waals surface area (Å²) in [5, 5.41) is 38.3. The summed E-state index contributed by atoms with van der Waals surface area (Å²) < 4.78 is 11.1. The monoisotopic (exact) mass is 370 g/mol. The molecule has 0 aromatic rings. The summed E-state index contributed by atoms with van der Waals surface area (Å²) in [6, 6.07) is 0. The van der Waals surface area contributed by atoms with E-state index in [-0.39, 0.29) is 24.2 Å². The lowest BCUT2D eigenvalue weighted by molar-refractivity contribution is -0.254. The van der Waals surface area contributed by atoms with Crippen LogP contribution in [0.25, 0.3) is 0 Å². The lowest BCUT2D eigenvalue weighted by Gasteiger charge is -2.37. The molecule has 0 aromatic heterocycles. The molecule has 0 amide bonds. The van der Waals surface area contributed by atoms with Crippen LogP contribution in [0.4, 0.5) is 0 Å². The van der Waals surface area contributed by atoms with Crippen molar-refractivity contribution >= 4 is 5.78 Å². The predicted molar refractivity (Wildman–Crippen MR) is 94.2 cm³/mol. The smallest absolute Gasteiger partial charge is 0.161 e. The third-order valence-electron chi connectivity index (χ3n) is 5.39. The van der Waals surface area contributed by atoms with Crippen LogP contribution in [0.5, 0.6) is 0 Å². The maximum atomic E-state index is 12.4. The zero-order chi connectivity index (χ0) is 19.5. The number of ether oxygens (including phenoxy) is 2. The molecule has 0 spiro atoms. The number of aliphatic hydroxyl groups excluding tert-OH is 4. The Morgan fingerprint density at radius 1 is 1.42 bits per heavy atom. The number of hydrogen-bond donors (Lipinski definition) is 4. The lowest BCUT2D eigenvalue weighted by atomic mass is 9.71. The van der Waals surface area contributed by atoms with Gasteiger partial charge < -0.3 is 29.9 Å². The van der Waals surface area contributed by atoms with Crippen LogP contribution >= 0.6 is 0 Å². The van der Waals surface area contributed by atoms with Crippen LogP contribution in [-0.2, 0) is 14.3 Å². The van der Waals surface area contributed by atoms with E-state index in [9.17, 15) is 25.2 Å². The van der Waals surface area contributed by atoms with Gasteiger partial charge in [-0.05, 0) is 20.3 Å². The second-order valence-corrected chi connectivity index (χ2v) is 7.44. The van der Waals surface area contributed by atoms with Gasteiger partial charge in [-0.3, -0.25) is 4.79 Å². The molecule has 0 bridgehead atoms. The number of Topliss-reactive ketones (excluding diaryl/α,β-unsaturated/α-hetero) is 1. The molecule has 1 aliphatic heterocycles. The van der Waals surface area contributed by atoms with Crippen molar-refractivity contribution in [2.75, 3.05) is 13.2 Å². The number of aliphatic hydroxyl groups is 4. The summed E-state index contributed by atoms with van der Waals surface area (Å²) in [5.74, 6) is 0.0144. The zero-order valence-electron chi connectivity index (χ0n) is 15.6. The molecule has 0 saturated carbocycles. The van der Waals surface area contributed by atoms with Crippen LogP contribution in [-0.4, -0.2) is 70.1 Å². The van der Waals surface area contributed by atoms with Crippen LogP contribution in [0.3, 0.4) is 0 Å². The molecule has 2 aliphatic rings. The molecule has 0 aromatic carbocycles. The Hall–Kier alpha value is -1.09. The van der Waals surface area contributed by atoms with Gasteiger partial charge in [-0.2, -0.15) is 0 Å². The SMILES string of the molecule is CC1=C(COC2CC(O)C(O)C(CO)O2)C(=O)CCC1(C)C=CC(C)O. The van der Waals surface area contributed by atoms with E-state index in [0.717, 1.165) is 5.57 Å². The Kier molecular flexibility index (Phi) is 7.12. The predicted octanol–water partition coefficient (Wildman–Crippen LogP) is 0.455. The van der Waals surface area contributed by atoms with Crippen LogP contribution in [0.1, 0.15) is 40.0 Å². The summed E-state index contributed by atoms with van der Waals surface area (Å²) in [7, 11) is 0. The number of allylic oxidation sites excluding steroid dienone is 2. The molecular weight excluding hydrogens is 340 g/mol. The average molecular weight is 370 g/mol. The largest absolute Gasteiger partial charge is 0.394 e. The van der Waals surface area contributed by atoms with Gasteiger partial charge in [-0.1, -0.05) is 24.6 Å². The van der Waals surface area contributed by atoms with Crippen molar-refractivity contribution in [1.29, 1.82) is 0 Å². The molecule has 7 heteroatoms. The molecule has 4 N–H and O–H groups in total. The minimum absolute atomic E-state index is 0.0144. The number of rotatable bonds is 6. The van der Waals surface area contributed by atoms with Gasteiger partial charge in [-0.25, -0.2) is 0 Å². The molecule has 7 nitrogen and oxygen atoms in total. The topological polar surface area (TPSA) is 116 Å². The fraction of sp³-hybridized carbons (Fsp3) is 0.737. The number of carbonyl (C=O) groups is 1. The van der Waals surface area contributed by atoms with Crippen LogP contribution in [0.15, 0.2) is 23.3 Å². The van der Waals surface area contributed by atoms with Crippen molar-refractivity contribution in [3.8, 4) is 0 Å². The minimum Gasteiger partial charge on any atom is -0.394 e. The van der Waals surface area contributed by atoms with Gasteiger partial charge in [0, 0.05) is 23.8 Å². The van der Waals surface area contributed by atoms with Crippen molar-refractivity contribution in [2.24, 2.45) is 5.41 Å². The maximum Gasteiger partial charge on any atom is 0.161 e. The third kappa shape index (κ3) is 4.79. The van der Waals surface area contributed by atoms with E-state index in [1.165, 1.54) is 0 Å². The Balaban J connectivity index is 2.10. The van der Waals surface area contributed by atoms with E-state index >= 15 is 0 Å². The molecule has 6 unspecified atom stereocenters. The van der Waals surface area contributed by atoms with Crippen LogP contribution in [0.2, 0.25) is 0 Å². The molecule has 1 heterocycles. The van der Waals surface area contributed by atoms with Crippen molar-refractivity contribution < 1.29 is 34.7 Å². The summed E-state index contributed by atoms with van der Waals surface area (Å²) in [4.78, 5) is 12.4. The average Bonchev–Trinajstić information content (AvgIpc) is 2.59. The van der Waals surface area contributed by atoms with E-state index in [4.69, 9.17) is 9.47 Å². The van der Waals surface area contributed by atoms with Gasteiger partial charge in [-0.15, -0.1) is 0 Å². The van der Waals surface area contributed by atoms with E-state index in [1.54, 1.807) is 13.0 Å². The first-order valence-electron chi connectivity index (χ1n) is 9.03. The number of ketones is 1. The highest BCUT2D eigenvalue weighted by molar-refractivity contribution is 5.97. The fourth-order valence-electron chi connectivity index (χ4n) is 3.36. The van der Waals surface area contributed by atoms with Crippen LogP contribution < -0.4 is 0 Å². The molecule has 1 aliphatic carbocycles. The van der Waals surface area contributed by atoms with E-state index in [0.29, 0.717) is 18.4 Å². The van der Waals surface area contributed by atoms with Crippen LogP contribution in [0, 0.1) is 5.41 Å². The maximum absolute atomic E-state index is 12.4. The highest BCUT2D eigenvalue weighted by atomic mass is 16.7. The zero-order valence-corrected chi connectivity index (χ0v) is 15.6. The standard InChI is InChI=1S/C19H30O7/c1-11(21)4-6-19(3)7-5-14(22)13(12(19)2)10-25-17-8-15(23)18(24)16(9-20)26-17/h4,6,11,15-18,20-21,23-24H,5,7-10H2,1-3H3. The second-order valence-electron chi connectivity index (χ2n) is 7.44. The van der Waals surface area contributed by atoms with Crippen molar-refractivity contribution in [2.45, 2.75) is 70.7 Å². The fourth-order valence-corrected chi connectivity index (χ4v) is 3.36. The number of carbonyl (C=O) groups excluding carboxylic acids is 1. The first-order chi connectivity index (χ1) is 12.2. The van der Waals surface area contributed by atoms with Gasteiger partial charge in [0.2, 0.25) is 0 Å². The Labute approximate surface area is 153 Å². The Morgan fingerprint density at radius 2 is 2.12 bits per heavy atom. The first-order valence-corrected chi connectivity index (χ1v) is 9.03. The molecule has 0 radical (unpaired) electrons. The van der Waals surface area contributed by atoms with Crippen molar-refractivity contribution in [3.63, 3.8) is 0 Å². The lowest BCUT2D eigenvalue weighted by Crippen LogP contribution is -2.50. The van der Waals surface area contributed by atoms with E-state index < -0.39 is 37.3 Å². The minimum atomic E-state index is -1.16. The van der Waals surface area contributed by atoms with Crippen molar-refractivity contribution in [1.82, 2.24) is 0 Å². The number of hydrogen-bond acceptors (Lipinski definition) is 7. The molecular formula is C19H30O7. The second kappa shape index (κ2) is 8.73. The van der Waals surface area contributed by atoms with E-state index in [2.05, 4.69) is 0 Å². The molecule has 1 saturated heterocycles. The van der Waals surface area contributed by atoms with Gasteiger partial charge in [0.15, 0.2) is 12.1 Å². The Bertz CT molecular complexity index is 568. The summed E-state index contributed by atoms with van der Waals surface area (Å²) >= 11 is 0. The van der Waals surface area contributed by atoms with Gasteiger partial charge in [0.1, 0.15) is 12.2 Å². The molecule has 6 atom stereocenters.